The van der Waals surface area contributed by atoms with Gasteiger partial charge in [0.2, 0.25) is 0 Å². The van der Waals surface area contributed by atoms with Crippen LogP contribution >= 0.6 is 23.2 Å². The number of methoxy groups -OCH3 is 1. The topological polar surface area (TPSA) is 138 Å². The van der Waals surface area contributed by atoms with Gasteiger partial charge >= 0.3 is 5.97 Å². The van der Waals surface area contributed by atoms with Gasteiger partial charge in [-0.2, -0.15) is 0 Å². The van der Waals surface area contributed by atoms with Crippen LogP contribution in [0.3, 0.4) is 0 Å². The summed E-state index contributed by atoms with van der Waals surface area (Å²) in [5, 5.41) is 3.84. The molecule has 0 aliphatic heterocycles. The van der Waals surface area contributed by atoms with Crippen molar-refractivity contribution < 1.29 is 23.8 Å². The molecule has 196 valence electrons. The quantitative estimate of drug-likeness (QED) is 0.144. The highest BCUT2D eigenvalue weighted by atomic mass is 35.5. The summed E-state index contributed by atoms with van der Waals surface area (Å²) in [5.74, 6) is -0.158. The Kier molecular flexibility index (Phi) is 12.2. The van der Waals surface area contributed by atoms with E-state index in [-0.39, 0.29) is 12.6 Å². The number of rotatable bonds is 14. The van der Waals surface area contributed by atoms with Crippen LogP contribution in [0.1, 0.15) is 42.1 Å². The van der Waals surface area contributed by atoms with E-state index in [1.54, 1.807) is 30.3 Å². The monoisotopic (exact) mass is 538 g/mol. The Balaban J connectivity index is 2.09. The molecule has 0 fully saturated rings. The SMILES string of the molecule is CCCOC(=O)[C@H](CCCN=C(N)N)NC(=O)c1ccc(OC)c(OCCc2ccc(Cl)cc2Cl)c1. The van der Waals surface area contributed by atoms with Crippen LogP contribution in [0.2, 0.25) is 10.0 Å². The number of halogens is 2. The Morgan fingerprint density at radius 3 is 2.53 bits per heavy atom. The van der Waals surface area contributed by atoms with E-state index in [0.717, 1.165) is 5.56 Å². The summed E-state index contributed by atoms with van der Waals surface area (Å²) in [7, 11) is 1.51. The number of amides is 1. The van der Waals surface area contributed by atoms with E-state index in [9.17, 15) is 9.59 Å². The van der Waals surface area contributed by atoms with Crippen LogP contribution in [0, 0.1) is 0 Å². The number of nitrogens with two attached hydrogens (primary N) is 2. The van der Waals surface area contributed by atoms with E-state index in [0.29, 0.717) is 65.9 Å². The van der Waals surface area contributed by atoms with Crippen molar-refractivity contribution in [2.24, 2.45) is 16.5 Å². The Hall–Kier alpha value is -3.17. The van der Waals surface area contributed by atoms with E-state index in [1.165, 1.54) is 7.11 Å². The molecule has 0 saturated heterocycles. The smallest absolute Gasteiger partial charge is 0.328 e. The molecule has 0 unspecified atom stereocenters. The average molecular weight is 539 g/mol. The van der Waals surface area contributed by atoms with E-state index in [1.807, 2.05) is 13.0 Å². The number of carbonyl (C=O) groups excluding carboxylic acids is 2. The van der Waals surface area contributed by atoms with Crippen molar-refractivity contribution in [3.63, 3.8) is 0 Å². The lowest BCUT2D eigenvalue weighted by molar-refractivity contribution is -0.146. The van der Waals surface area contributed by atoms with Crippen molar-refractivity contribution in [1.29, 1.82) is 0 Å². The summed E-state index contributed by atoms with van der Waals surface area (Å²) in [5.41, 5.74) is 11.9. The van der Waals surface area contributed by atoms with Crippen molar-refractivity contribution in [3.8, 4) is 11.5 Å². The van der Waals surface area contributed by atoms with Gasteiger partial charge < -0.3 is 31.0 Å². The maximum atomic E-state index is 13.0. The highest BCUT2D eigenvalue weighted by molar-refractivity contribution is 6.35. The van der Waals surface area contributed by atoms with Gasteiger partial charge in [-0.3, -0.25) is 9.79 Å². The lowest BCUT2D eigenvalue weighted by atomic mass is 10.1. The summed E-state index contributed by atoms with van der Waals surface area (Å²) in [4.78, 5) is 29.4. The van der Waals surface area contributed by atoms with Gasteiger partial charge in [-0.15, -0.1) is 0 Å². The molecule has 0 aromatic heterocycles. The molecule has 0 aliphatic rings. The molecule has 36 heavy (non-hydrogen) atoms. The molecule has 9 nitrogen and oxygen atoms in total. The molecule has 1 atom stereocenters. The van der Waals surface area contributed by atoms with Gasteiger partial charge in [-0.25, -0.2) is 4.79 Å². The first-order valence-electron chi connectivity index (χ1n) is 11.5. The van der Waals surface area contributed by atoms with Crippen LogP contribution < -0.4 is 26.3 Å². The minimum atomic E-state index is -0.850. The summed E-state index contributed by atoms with van der Waals surface area (Å²) in [6.07, 6.45) is 1.98. The summed E-state index contributed by atoms with van der Waals surface area (Å²) >= 11 is 12.2. The second kappa shape index (κ2) is 15.1. The Labute approximate surface area is 221 Å². The van der Waals surface area contributed by atoms with Gasteiger partial charge in [0.25, 0.3) is 5.91 Å². The number of benzene rings is 2. The van der Waals surface area contributed by atoms with Crippen LogP contribution in [0.15, 0.2) is 41.4 Å². The highest BCUT2D eigenvalue weighted by Crippen LogP contribution is 2.29. The lowest BCUT2D eigenvalue weighted by Gasteiger charge is -2.18. The zero-order chi connectivity index (χ0) is 26.5. The van der Waals surface area contributed by atoms with Gasteiger partial charge in [0.1, 0.15) is 6.04 Å². The fraction of sp³-hybridized carbons (Fsp3) is 0.400. The first kappa shape index (κ1) is 29.1. The fourth-order valence-corrected chi connectivity index (χ4v) is 3.73. The van der Waals surface area contributed by atoms with Crippen LogP contribution in [-0.2, 0) is 16.0 Å². The predicted octanol–water partition coefficient (Wildman–Crippen LogP) is 3.73. The number of nitrogens with one attached hydrogen (secondary N) is 1. The third-order valence-electron chi connectivity index (χ3n) is 5.05. The Bertz CT molecular complexity index is 1060. The van der Waals surface area contributed by atoms with Crippen molar-refractivity contribution in [2.45, 2.75) is 38.6 Å². The molecule has 2 rings (SSSR count). The second-order valence-electron chi connectivity index (χ2n) is 7.84. The minimum absolute atomic E-state index is 0.0340. The van der Waals surface area contributed by atoms with Crippen LogP contribution in [0.25, 0.3) is 0 Å². The first-order valence-corrected chi connectivity index (χ1v) is 12.3. The van der Waals surface area contributed by atoms with E-state index in [2.05, 4.69) is 10.3 Å². The summed E-state index contributed by atoms with van der Waals surface area (Å²) in [6.45, 7) is 2.77. The fourth-order valence-electron chi connectivity index (χ4n) is 3.22. The van der Waals surface area contributed by atoms with Crippen molar-refractivity contribution in [1.82, 2.24) is 5.32 Å². The Morgan fingerprint density at radius 2 is 1.86 bits per heavy atom. The summed E-state index contributed by atoms with van der Waals surface area (Å²) in [6, 6.07) is 9.19. The number of hydrogen-bond acceptors (Lipinski definition) is 6. The van der Waals surface area contributed by atoms with Gasteiger partial charge in [-0.05, 0) is 55.2 Å². The molecular formula is C25H32Cl2N4O5. The highest BCUT2D eigenvalue weighted by Gasteiger charge is 2.23. The van der Waals surface area contributed by atoms with Crippen LogP contribution in [0.5, 0.6) is 11.5 Å². The lowest BCUT2D eigenvalue weighted by Crippen LogP contribution is -2.42. The first-order chi connectivity index (χ1) is 17.2. The van der Waals surface area contributed by atoms with E-state index < -0.39 is 17.9 Å². The zero-order valence-electron chi connectivity index (χ0n) is 20.4. The summed E-state index contributed by atoms with van der Waals surface area (Å²) < 4.78 is 16.5. The molecule has 0 bridgehead atoms. The maximum Gasteiger partial charge on any atom is 0.328 e. The number of carbonyl (C=O) groups is 2. The van der Waals surface area contributed by atoms with Gasteiger partial charge in [0, 0.05) is 28.6 Å². The predicted molar refractivity (Wildman–Crippen MR) is 141 cm³/mol. The number of hydrogen-bond donors (Lipinski definition) is 3. The van der Waals surface area contributed by atoms with Crippen molar-refractivity contribution in [2.75, 3.05) is 26.9 Å². The van der Waals surface area contributed by atoms with Gasteiger partial charge in [0.05, 0.1) is 20.3 Å². The number of nitrogens with zero attached hydrogens (tertiary/aromatic N) is 1. The number of guanidine groups is 1. The number of ether oxygens (including phenoxy) is 3. The molecule has 0 spiro atoms. The Morgan fingerprint density at radius 1 is 1.08 bits per heavy atom. The standard InChI is InChI=1S/C25H32Cl2N4O5/c1-3-12-36-24(33)20(5-4-11-30-25(28)29)31-23(32)17-7-9-21(34-2)22(14-17)35-13-10-16-6-8-18(26)15-19(16)27/h6-9,14-15,20H,3-5,10-13H2,1-2H3,(H,31,32)(H4,28,29,30)/t20-/m0/s1. The van der Waals surface area contributed by atoms with Gasteiger partial charge in [-0.1, -0.05) is 36.2 Å². The molecular weight excluding hydrogens is 507 g/mol. The van der Waals surface area contributed by atoms with Gasteiger partial charge in [0.15, 0.2) is 17.5 Å². The second-order valence-corrected chi connectivity index (χ2v) is 8.69. The van der Waals surface area contributed by atoms with Crippen molar-refractivity contribution in [3.05, 3.63) is 57.6 Å². The molecule has 0 saturated carbocycles. The zero-order valence-corrected chi connectivity index (χ0v) is 21.9. The van der Waals surface area contributed by atoms with E-state index >= 15 is 0 Å². The third kappa shape index (κ3) is 9.47. The minimum Gasteiger partial charge on any atom is -0.493 e. The maximum absolute atomic E-state index is 13.0. The molecule has 2 aromatic rings. The molecule has 2 aromatic carbocycles. The third-order valence-corrected chi connectivity index (χ3v) is 5.64. The van der Waals surface area contributed by atoms with E-state index in [4.69, 9.17) is 48.9 Å². The van der Waals surface area contributed by atoms with Crippen LogP contribution in [-0.4, -0.2) is 50.7 Å². The largest absolute Gasteiger partial charge is 0.493 e. The molecule has 1 amide bonds. The average Bonchev–Trinajstić information content (AvgIpc) is 2.85. The number of aliphatic imine (C=N–C) groups is 1. The normalized spacial score (nSPS) is 11.3. The molecule has 5 N–H and O–H groups in total. The molecule has 0 radical (unpaired) electrons. The van der Waals surface area contributed by atoms with Crippen LogP contribution in [0.4, 0.5) is 0 Å². The van der Waals surface area contributed by atoms with Crippen molar-refractivity contribution >= 4 is 41.0 Å². The molecule has 0 aliphatic carbocycles. The molecule has 0 heterocycles. The molecule has 11 heteroatoms. The number of esters is 1.